The van der Waals surface area contributed by atoms with Crippen molar-refractivity contribution >= 4 is 11.7 Å². The minimum absolute atomic E-state index is 0.105. The van der Waals surface area contributed by atoms with Crippen molar-refractivity contribution in [3.8, 4) is 11.3 Å². The molecule has 2 rings (SSSR count). The van der Waals surface area contributed by atoms with Crippen LogP contribution in [-0.2, 0) is 11.2 Å². The minimum Gasteiger partial charge on any atom is -0.477 e. The van der Waals surface area contributed by atoms with Crippen LogP contribution in [0, 0.1) is 0 Å². The highest BCUT2D eigenvalue weighted by atomic mass is 16.4. The van der Waals surface area contributed by atoms with Crippen LogP contribution < -0.4 is 0 Å². The Balaban J connectivity index is 2.32. The summed E-state index contributed by atoms with van der Waals surface area (Å²) in [4.78, 5) is 10.8. The van der Waals surface area contributed by atoms with Crippen LogP contribution in [0.25, 0.3) is 11.3 Å². The molecule has 0 atom stereocenters. The zero-order valence-electron chi connectivity index (χ0n) is 9.24. The molecule has 0 bridgehead atoms. The number of hydrogen-bond donors (Lipinski definition) is 3. The van der Waals surface area contributed by atoms with Gasteiger partial charge in [-0.2, -0.15) is 15.4 Å². The second-order valence-electron chi connectivity index (χ2n) is 3.51. The van der Waals surface area contributed by atoms with Gasteiger partial charge in [-0.1, -0.05) is 35.5 Å². The molecule has 2 aromatic rings. The maximum Gasteiger partial charge on any atom is 0.354 e. The van der Waals surface area contributed by atoms with Gasteiger partial charge in [0.25, 0.3) is 0 Å². The molecule has 0 aliphatic carbocycles. The smallest absolute Gasteiger partial charge is 0.354 e. The molecular weight excluding hydrogens is 236 g/mol. The highest BCUT2D eigenvalue weighted by Gasteiger charge is 2.17. The third kappa shape index (κ3) is 2.34. The van der Waals surface area contributed by atoms with Gasteiger partial charge < -0.3 is 10.3 Å². The number of aromatic nitrogens is 3. The van der Waals surface area contributed by atoms with E-state index in [0.717, 1.165) is 5.56 Å². The number of aliphatic carboxylic acids is 1. The minimum atomic E-state index is -1.29. The molecule has 0 spiro atoms. The fraction of sp³-hybridized carbons (Fsp3) is 0.0909. The van der Waals surface area contributed by atoms with E-state index < -0.39 is 5.97 Å². The number of oxime groups is 1. The van der Waals surface area contributed by atoms with E-state index in [4.69, 9.17) is 10.3 Å². The molecule has 7 heteroatoms. The Kier molecular flexibility index (Phi) is 3.33. The van der Waals surface area contributed by atoms with Gasteiger partial charge in [0.2, 0.25) is 0 Å². The van der Waals surface area contributed by atoms with Crippen molar-refractivity contribution in [1.82, 2.24) is 15.4 Å². The van der Waals surface area contributed by atoms with E-state index in [1.807, 2.05) is 30.3 Å². The highest BCUT2D eigenvalue weighted by molar-refractivity contribution is 6.35. The molecule has 0 radical (unpaired) electrons. The predicted molar refractivity (Wildman–Crippen MR) is 62.4 cm³/mol. The van der Waals surface area contributed by atoms with Crippen LogP contribution in [-0.4, -0.2) is 37.4 Å². The normalized spacial score (nSPS) is 11.4. The molecule has 0 saturated carbocycles. The summed E-state index contributed by atoms with van der Waals surface area (Å²) < 4.78 is 0. The lowest BCUT2D eigenvalue weighted by molar-refractivity contribution is -0.129. The summed E-state index contributed by atoms with van der Waals surface area (Å²) in [5, 5.41) is 30.4. The number of aromatic amines is 1. The Morgan fingerprint density at radius 2 is 2.00 bits per heavy atom. The fourth-order valence-corrected chi connectivity index (χ4v) is 1.52. The molecule has 0 unspecified atom stereocenters. The summed E-state index contributed by atoms with van der Waals surface area (Å²) >= 11 is 0. The van der Waals surface area contributed by atoms with E-state index in [1.165, 1.54) is 0 Å². The third-order valence-electron chi connectivity index (χ3n) is 2.37. The number of nitrogens with one attached hydrogen (secondary N) is 1. The van der Waals surface area contributed by atoms with Gasteiger partial charge in [-0.05, 0) is 0 Å². The largest absolute Gasteiger partial charge is 0.477 e. The van der Waals surface area contributed by atoms with Gasteiger partial charge in [0, 0.05) is 12.0 Å². The van der Waals surface area contributed by atoms with Gasteiger partial charge in [-0.25, -0.2) is 4.79 Å². The van der Waals surface area contributed by atoms with Crippen LogP contribution in [0.4, 0.5) is 0 Å². The summed E-state index contributed by atoms with van der Waals surface area (Å²) in [6.45, 7) is 0. The van der Waals surface area contributed by atoms with Crippen molar-refractivity contribution in [3.63, 3.8) is 0 Å². The second-order valence-corrected chi connectivity index (χ2v) is 3.51. The zero-order valence-corrected chi connectivity index (χ0v) is 9.24. The second kappa shape index (κ2) is 5.09. The molecule has 0 fully saturated rings. The lowest BCUT2D eigenvalue weighted by Gasteiger charge is -2.00. The average Bonchev–Trinajstić information content (AvgIpc) is 2.84. The van der Waals surface area contributed by atoms with Crippen LogP contribution in [0.15, 0.2) is 35.5 Å². The molecule has 0 aliphatic rings. The molecule has 0 aliphatic heterocycles. The number of carboxylic acid groups (broad SMARTS) is 1. The topological polar surface area (TPSA) is 111 Å². The first kappa shape index (κ1) is 11.8. The Labute approximate surface area is 102 Å². The Morgan fingerprint density at radius 3 is 2.61 bits per heavy atom. The van der Waals surface area contributed by atoms with E-state index in [9.17, 15) is 4.79 Å². The number of hydrogen-bond acceptors (Lipinski definition) is 5. The summed E-state index contributed by atoms with van der Waals surface area (Å²) in [5.41, 5.74) is 1.37. The maximum absolute atomic E-state index is 10.8. The molecule has 1 aromatic carbocycles. The van der Waals surface area contributed by atoms with E-state index in [-0.39, 0.29) is 12.1 Å². The average molecular weight is 246 g/mol. The Bertz CT molecular complexity index is 577. The number of carbonyl (C=O) groups is 1. The monoisotopic (exact) mass is 246 g/mol. The molecular formula is C11H10N4O3. The van der Waals surface area contributed by atoms with E-state index in [2.05, 4.69) is 20.6 Å². The SMILES string of the molecule is O=C(O)/C(Cc1n[nH]nc1-c1ccccc1)=N/O. The standard InChI is InChI=1S/C11H10N4O3/c16-11(17)9(14-18)6-8-10(13-15-12-8)7-4-2-1-3-5-7/h1-5,18H,6H2,(H,16,17)(H,12,13,15)/b14-9+. The van der Waals surface area contributed by atoms with Crippen molar-refractivity contribution in [2.75, 3.05) is 0 Å². The summed E-state index contributed by atoms with van der Waals surface area (Å²) in [6, 6.07) is 9.20. The van der Waals surface area contributed by atoms with Crippen LogP contribution >= 0.6 is 0 Å². The molecule has 92 valence electrons. The summed E-state index contributed by atoms with van der Waals surface area (Å²) in [5.74, 6) is -1.29. The molecule has 1 aromatic heterocycles. The van der Waals surface area contributed by atoms with Gasteiger partial charge in [0.1, 0.15) is 5.69 Å². The van der Waals surface area contributed by atoms with Gasteiger partial charge in [0.15, 0.2) is 5.71 Å². The van der Waals surface area contributed by atoms with Gasteiger partial charge in [0.05, 0.1) is 5.69 Å². The lowest BCUT2D eigenvalue weighted by Crippen LogP contribution is -2.16. The van der Waals surface area contributed by atoms with E-state index >= 15 is 0 Å². The van der Waals surface area contributed by atoms with Crippen molar-refractivity contribution < 1.29 is 15.1 Å². The van der Waals surface area contributed by atoms with Crippen LogP contribution in [0.5, 0.6) is 0 Å². The van der Waals surface area contributed by atoms with Crippen LogP contribution in [0.1, 0.15) is 5.69 Å². The molecule has 7 nitrogen and oxygen atoms in total. The molecule has 18 heavy (non-hydrogen) atoms. The number of nitrogens with zero attached hydrogens (tertiary/aromatic N) is 3. The molecule has 3 N–H and O–H groups in total. The highest BCUT2D eigenvalue weighted by Crippen LogP contribution is 2.19. The van der Waals surface area contributed by atoms with Crippen molar-refractivity contribution in [1.29, 1.82) is 0 Å². The number of H-pyrrole nitrogens is 1. The molecule has 1 heterocycles. The van der Waals surface area contributed by atoms with Crippen molar-refractivity contribution in [2.45, 2.75) is 6.42 Å². The van der Waals surface area contributed by atoms with Gasteiger partial charge in [-0.3, -0.25) is 0 Å². The number of carboxylic acids is 1. The molecule has 0 saturated heterocycles. The van der Waals surface area contributed by atoms with Crippen molar-refractivity contribution in [3.05, 3.63) is 36.0 Å². The molecule has 0 amide bonds. The van der Waals surface area contributed by atoms with Crippen LogP contribution in [0.2, 0.25) is 0 Å². The van der Waals surface area contributed by atoms with Gasteiger partial charge in [-0.15, -0.1) is 0 Å². The first-order valence-electron chi connectivity index (χ1n) is 5.11. The Morgan fingerprint density at radius 1 is 1.28 bits per heavy atom. The van der Waals surface area contributed by atoms with E-state index in [1.54, 1.807) is 0 Å². The van der Waals surface area contributed by atoms with E-state index in [0.29, 0.717) is 11.4 Å². The lowest BCUT2D eigenvalue weighted by atomic mass is 10.1. The number of rotatable bonds is 4. The first-order valence-corrected chi connectivity index (χ1v) is 5.11. The summed E-state index contributed by atoms with van der Waals surface area (Å²) in [7, 11) is 0. The van der Waals surface area contributed by atoms with Crippen LogP contribution in [0.3, 0.4) is 0 Å². The maximum atomic E-state index is 10.8. The zero-order chi connectivity index (χ0) is 13.0. The first-order chi connectivity index (χ1) is 8.72. The predicted octanol–water partition coefficient (Wildman–Crippen LogP) is 0.929. The quantitative estimate of drug-likeness (QED) is 0.422. The third-order valence-corrected chi connectivity index (χ3v) is 2.37. The fourth-order valence-electron chi connectivity index (χ4n) is 1.52. The van der Waals surface area contributed by atoms with Crippen molar-refractivity contribution in [2.24, 2.45) is 5.16 Å². The number of benzene rings is 1. The van der Waals surface area contributed by atoms with Gasteiger partial charge >= 0.3 is 5.97 Å². The summed E-state index contributed by atoms with van der Waals surface area (Å²) in [6.07, 6.45) is -0.105. The Hall–Kier alpha value is -2.70.